The molecule has 1 saturated heterocycles. The Balaban J connectivity index is 1.96. The van der Waals surface area contributed by atoms with Gasteiger partial charge in [-0.3, -0.25) is 0 Å². The zero-order valence-corrected chi connectivity index (χ0v) is 8.62. The molecule has 2 heterocycles. The number of halogens is 1. The highest BCUT2D eigenvalue weighted by molar-refractivity contribution is 9.08. The number of anilines is 1. The van der Waals surface area contributed by atoms with Crippen molar-refractivity contribution >= 4 is 21.7 Å². The van der Waals surface area contributed by atoms with Gasteiger partial charge in [0.2, 0.25) is 0 Å². The molecular formula is C8H10BrN3O. The second kappa shape index (κ2) is 4.02. The van der Waals surface area contributed by atoms with Crippen LogP contribution in [-0.4, -0.2) is 29.5 Å². The Morgan fingerprint density at radius 1 is 1.46 bits per heavy atom. The van der Waals surface area contributed by atoms with Crippen LogP contribution in [0, 0.1) is 0 Å². The lowest BCUT2D eigenvalue weighted by Gasteiger charge is -2.26. The second-order valence-corrected chi connectivity index (χ2v) is 3.48. The van der Waals surface area contributed by atoms with E-state index in [1.54, 1.807) is 0 Å². The number of aromatic nitrogens is 2. The molecule has 1 aromatic heterocycles. The predicted octanol–water partition coefficient (Wildman–Crippen LogP) is 1.18. The molecule has 0 radical (unpaired) electrons. The Labute approximate surface area is 84.8 Å². The number of nitrogens with one attached hydrogen (secondary N) is 1. The van der Waals surface area contributed by atoms with E-state index in [2.05, 4.69) is 31.4 Å². The quantitative estimate of drug-likeness (QED) is 0.811. The van der Waals surface area contributed by atoms with Crippen LogP contribution in [0.15, 0.2) is 12.1 Å². The van der Waals surface area contributed by atoms with E-state index in [0.29, 0.717) is 6.04 Å². The highest BCUT2D eigenvalue weighted by Gasteiger charge is 2.17. The molecule has 0 amide bonds. The molecule has 4 nitrogen and oxygen atoms in total. The van der Waals surface area contributed by atoms with Crippen molar-refractivity contribution < 1.29 is 4.74 Å². The molecule has 13 heavy (non-hydrogen) atoms. The van der Waals surface area contributed by atoms with Crippen molar-refractivity contribution in [2.45, 2.75) is 11.4 Å². The van der Waals surface area contributed by atoms with E-state index in [1.165, 1.54) is 0 Å². The molecule has 0 aliphatic carbocycles. The first-order valence-electron chi connectivity index (χ1n) is 4.11. The Morgan fingerprint density at radius 3 is 2.77 bits per heavy atom. The first-order chi connectivity index (χ1) is 6.38. The first-order valence-corrected chi connectivity index (χ1v) is 5.23. The van der Waals surface area contributed by atoms with Crippen LogP contribution in [0.5, 0.6) is 0 Å². The van der Waals surface area contributed by atoms with Crippen molar-refractivity contribution in [3.8, 4) is 0 Å². The lowest BCUT2D eigenvalue weighted by atomic mass is 10.2. The molecule has 0 bridgehead atoms. The third-order valence-electron chi connectivity index (χ3n) is 1.85. The molecule has 1 aliphatic rings. The number of alkyl halides is 1. The largest absolute Gasteiger partial charge is 0.377 e. The lowest BCUT2D eigenvalue weighted by molar-refractivity contribution is 0.0209. The van der Waals surface area contributed by atoms with Crippen molar-refractivity contribution in [3.63, 3.8) is 0 Å². The topological polar surface area (TPSA) is 47.0 Å². The lowest BCUT2D eigenvalue weighted by Crippen LogP contribution is -2.40. The monoisotopic (exact) mass is 243 g/mol. The van der Waals surface area contributed by atoms with Crippen LogP contribution >= 0.6 is 15.9 Å². The Hall–Kier alpha value is -0.680. The molecule has 1 aliphatic heterocycles. The molecule has 1 aromatic rings. The summed E-state index contributed by atoms with van der Waals surface area (Å²) < 4.78 is 5.03. The van der Waals surface area contributed by atoms with E-state index < -0.39 is 0 Å². The van der Waals surface area contributed by atoms with Crippen molar-refractivity contribution in [2.75, 3.05) is 18.5 Å². The highest BCUT2D eigenvalue weighted by atomic mass is 79.9. The molecule has 0 unspecified atom stereocenters. The minimum absolute atomic E-state index is 0.407. The number of ether oxygens (including phenoxy) is 1. The van der Waals surface area contributed by atoms with Crippen LogP contribution in [-0.2, 0) is 10.1 Å². The van der Waals surface area contributed by atoms with Crippen molar-refractivity contribution in [1.82, 2.24) is 10.2 Å². The molecule has 1 N–H and O–H groups in total. The zero-order valence-electron chi connectivity index (χ0n) is 7.03. The van der Waals surface area contributed by atoms with Crippen LogP contribution in [0.3, 0.4) is 0 Å². The van der Waals surface area contributed by atoms with Gasteiger partial charge < -0.3 is 10.1 Å². The van der Waals surface area contributed by atoms with E-state index in [-0.39, 0.29) is 0 Å². The van der Waals surface area contributed by atoms with Gasteiger partial charge in [-0.1, -0.05) is 15.9 Å². The van der Waals surface area contributed by atoms with Gasteiger partial charge in [0.15, 0.2) is 0 Å². The van der Waals surface area contributed by atoms with E-state index in [4.69, 9.17) is 4.74 Å². The third-order valence-corrected chi connectivity index (χ3v) is 2.42. The molecule has 0 spiro atoms. The van der Waals surface area contributed by atoms with Crippen LogP contribution in [0.1, 0.15) is 5.69 Å². The second-order valence-electron chi connectivity index (χ2n) is 2.92. The summed E-state index contributed by atoms with van der Waals surface area (Å²) in [6.45, 7) is 1.53. The van der Waals surface area contributed by atoms with Gasteiger partial charge in [-0.2, -0.15) is 5.10 Å². The van der Waals surface area contributed by atoms with E-state index in [0.717, 1.165) is 30.1 Å². The number of hydrogen-bond donors (Lipinski definition) is 1. The van der Waals surface area contributed by atoms with Gasteiger partial charge in [-0.15, -0.1) is 5.10 Å². The molecule has 1 fully saturated rings. The molecule has 70 valence electrons. The van der Waals surface area contributed by atoms with Gasteiger partial charge in [0.05, 0.1) is 24.9 Å². The zero-order chi connectivity index (χ0) is 9.10. The van der Waals surface area contributed by atoms with Crippen LogP contribution in [0.25, 0.3) is 0 Å². The Kier molecular flexibility index (Phi) is 2.75. The standard InChI is InChI=1S/C8H10BrN3O/c9-3-6-1-2-8(12-11-6)10-7-4-13-5-7/h1-2,7H,3-5H2,(H,10,12). The van der Waals surface area contributed by atoms with Gasteiger partial charge in [0, 0.05) is 5.33 Å². The SMILES string of the molecule is BrCc1ccc(NC2COC2)nn1. The molecular weight excluding hydrogens is 234 g/mol. The summed E-state index contributed by atoms with van der Waals surface area (Å²) >= 11 is 3.31. The summed E-state index contributed by atoms with van der Waals surface area (Å²) in [5.74, 6) is 0.818. The summed E-state index contributed by atoms with van der Waals surface area (Å²) in [4.78, 5) is 0. The summed E-state index contributed by atoms with van der Waals surface area (Å²) in [6, 6.07) is 4.29. The maximum atomic E-state index is 5.03. The van der Waals surface area contributed by atoms with E-state index in [1.807, 2.05) is 12.1 Å². The Bertz CT molecular complexity index is 273. The first kappa shape index (κ1) is 8.90. The minimum atomic E-state index is 0.407. The predicted molar refractivity (Wildman–Crippen MR) is 52.9 cm³/mol. The van der Waals surface area contributed by atoms with Crippen LogP contribution in [0.2, 0.25) is 0 Å². The highest BCUT2D eigenvalue weighted by Crippen LogP contribution is 2.10. The fourth-order valence-corrected chi connectivity index (χ4v) is 1.34. The van der Waals surface area contributed by atoms with Gasteiger partial charge in [0.25, 0.3) is 0 Å². The summed E-state index contributed by atoms with van der Waals surface area (Å²) in [5, 5.41) is 12.0. The molecule has 0 atom stereocenters. The summed E-state index contributed by atoms with van der Waals surface area (Å²) in [7, 11) is 0. The van der Waals surface area contributed by atoms with Crippen molar-refractivity contribution in [1.29, 1.82) is 0 Å². The van der Waals surface area contributed by atoms with Crippen LogP contribution in [0.4, 0.5) is 5.82 Å². The fourth-order valence-electron chi connectivity index (χ4n) is 1.04. The maximum absolute atomic E-state index is 5.03. The smallest absolute Gasteiger partial charge is 0.149 e. The van der Waals surface area contributed by atoms with Gasteiger partial charge in [0.1, 0.15) is 5.82 Å². The summed E-state index contributed by atoms with van der Waals surface area (Å²) in [6.07, 6.45) is 0. The molecule has 2 rings (SSSR count). The van der Waals surface area contributed by atoms with E-state index in [9.17, 15) is 0 Å². The van der Waals surface area contributed by atoms with Crippen LogP contribution < -0.4 is 5.32 Å². The van der Waals surface area contributed by atoms with Gasteiger partial charge >= 0.3 is 0 Å². The van der Waals surface area contributed by atoms with Gasteiger partial charge in [-0.05, 0) is 12.1 Å². The molecule has 5 heteroatoms. The minimum Gasteiger partial charge on any atom is -0.377 e. The average Bonchev–Trinajstić information content (AvgIpc) is 2.12. The summed E-state index contributed by atoms with van der Waals surface area (Å²) in [5.41, 5.74) is 0.940. The van der Waals surface area contributed by atoms with Gasteiger partial charge in [-0.25, -0.2) is 0 Å². The van der Waals surface area contributed by atoms with Crippen molar-refractivity contribution in [2.24, 2.45) is 0 Å². The molecule has 0 saturated carbocycles. The number of hydrogen-bond acceptors (Lipinski definition) is 4. The van der Waals surface area contributed by atoms with Crippen molar-refractivity contribution in [3.05, 3.63) is 17.8 Å². The Morgan fingerprint density at radius 2 is 2.31 bits per heavy atom. The molecule has 0 aromatic carbocycles. The number of nitrogens with zero attached hydrogens (tertiary/aromatic N) is 2. The third kappa shape index (κ3) is 2.16. The number of rotatable bonds is 3. The maximum Gasteiger partial charge on any atom is 0.149 e. The van der Waals surface area contributed by atoms with E-state index >= 15 is 0 Å². The average molecular weight is 244 g/mol. The normalized spacial score (nSPS) is 16.7. The fraction of sp³-hybridized carbons (Fsp3) is 0.500.